The molecule has 0 spiro atoms. The topological polar surface area (TPSA) is 102 Å². The van der Waals surface area contributed by atoms with Crippen molar-refractivity contribution in [2.75, 3.05) is 33.2 Å². The summed E-state index contributed by atoms with van der Waals surface area (Å²) < 4.78 is 11.9. The Kier molecular flexibility index (Phi) is 6.62. The van der Waals surface area contributed by atoms with Gasteiger partial charge in [-0.15, -0.1) is 0 Å². The lowest BCUT2D eigenvalue weighted by atomic mass is 9.76. The van der Waals surface area contributed by atoms with E-state index in [1.165, 1.54) is 18.6 Å². The number of carbonyl (C=O) groups excluding carboxylic acids is 2. The van der Waals surface area contributed by atoms with E-state index < -0.39 is 35.4 Å². The van der Waals surface area contributed by atoms with Crippen LogP contribution >= 0.6 is 0 Å². The van der Waals surface area contributed by atoms with Crippen molar-refractivity contribution >= 4 is 23.4 Å². The molecule has 1 aromatic carbocycles. The van der Waals surface area contributed by atoms with Crippen molar-refractivity contribution < 1.29 is 19.1 Å². The van der Waals surface area contributed by atoms with Gasteiger partial charge < -0.3 is 14.4 Å². The first-order valence-electron chi connectivity index (χ1n) is 11.4. The number of esters is 2. The summed E-state index contributed by atoms with van der Waals surface area (Å²) in [5.41, 5.74) is 0.0706. The van der Waals surface area contributed by atoms with Crippen molar-refractivity contribution in [1.29, 1.82) is 0 Å². The highest BCUT2D eigenvalue weighted by atomic mass is 16.5. The minimum atomic E-state index is -1.27. The summed E-state index contributed by atoms with van der Waals surface area (Å²) in [6, 6.07) is 13.9. The molecule has 9 nitrogen and oxygen atoms in total. The quantitative estimate of drug-likeness (QED) is 0.537. The number of aromatic nitrogens is 2. The van der Waals surface area contributed by atoms with E-state index in [2.05, 4.69) is 5.32 Å². The summed E-state index contributed by atoms with van der Waals surface area (Å²) in [6.07, 6.45) is 1.90. The van der Waals surface area contributed by atoms with Gasteiger partial charge in [-0.2, -0.15) is 0 Å². The van der Waals surface area contributed by atoms with E-state index in [0.717, 1.165) is 5.56 Å². The average molecular weight is 479 g/mol. The normalized spacial score (nSPS) is 23.7. The summed E-state index contributed by atoms with van der Waals surface area (Å²) in [5.74, 6) is -2.00. The smallest absolute Gasteiger partial charge is 0.326 e. The lowest BCUT2D eigenvalue weighted by Crippen LogP contribution is -2.55. The lowest BCUT2D eigenvalue weighted by Gasteiger charge is -2.32. The number of anilines is 1. The van der Waals surface area contributed by atoms with Crippen LogP contribution in [0, 0.1) is 11.8 Å². The number of hydrogen-bond donors (Lipinski definition) is 1. The number of ether oxygens (including phenoxy) is 2. The molecular weight excluding hydrogens is 448 g/mol. The van der Waals surface area contributed by atoms with Crippen LogP contribution in [-0.2, 0) is 25.5 Å². The van der Waals surface area contributed by atoms with Gasteiger partial charge in [0, 0.05) is 32.6 Å². The fourth-order valence-electron chi connectivity index (χ4n) is 5.15. The van der Waals surface area contributed by atoms with Crippen molar-refractivity contribution in [2.45, 2.75) is 24.9 Å². The fourth-order valence-corrected chi connectivity index (χ4v) is 5.15. The molecule has 4 rings (SSSR count). The first kappa shape index (κ1) is 24.4. The number of carbonyl (C=O) groups is 2. The molecule has 9 heteroatoms. The molecule has 1 aliphatic heterocycles. The van der Waals surface area contributed by atoms with Gasteiger partial charge >= 0.3 is 11.9 Å². The average Bonchev–Trinajstić information content (AvgIpc) is 3.15. The molecular formula is C26H30N4O5. The van der Waals surface area contributed by atoms with Crippen LogP contribution in [0.25, 0.3) is 5.65 Å². The largest absolute Gasteiger partial charge is 0.469 e. The molecule has 0 aliphatic carbocycles. The van der Waals surface area contributed by atoms with E-state index in [1.54, 1.807) is 43.4 Å². The molecule has 1 fully saturated rings. The minimum Gasteiger partial charge on any atom is -0.469 e. The van der Waals surface area contributed by atoms with E-state index in [1.807, 2.05) is 37.3 Å². The molecule has 0 amide bonds. The second-order valence-electron chi connectivity index (χ2n) is 9.06. The van der Waals surface area contributed by atoms with E-state index in [9.17, 15) is 14.4 Å². The SMILES string of the molecule is COC(=O)[C@@H]1[C@@H](c2c(N(C)C)nc3ccccn3c2=O)N[C@@](Cc2ccccc2)(C(=O)OC)[C@H]1C. The monoisotopic (exact) mass is 478 g/mol. The van der Waals surface area contributed by atoms with E-state index in [4.69, 9.17) is 14.5 Å². The fraction of sp³-hybridized carbons (Fsp3) is 0.385. The van der Waals surface area contributed by atoms with Crippen molar-refractivity contribution in [3.63, 3.8) is 0 Å². The molecule has 0 bridgehead atoms. The Labute approximate surface area is 203 Å². The zero-order valence-electron chi connectivity index (χ0n) is 20.5. The van der Waals surface area contributed by atoms with Gasteiger partial charge in [-0.3, -0.25) is 24.1 Å². The summed E-state index contributed by atoms with van der Waals surface area (Å²) in [4.78, 5) is 46.8. The molecule has 184 valence electrons. The zero-order valence-corrected chi connectivity index (χ0v) is 20.5. The van der Waals surface area contributed by atoms with E-state index >= 15 is 0 Å². The van der Waals surface area contributed by atoms with Crippen LogP contribution in [0.2, 0.25) is 0 Å². The second-order valence-corrected chi connectivity index (χ2v) is 9.06. The maximum absolute atomic E-state index is 13.8. The summed E-state index contributed by atoms with van der Waals surface area (Å²) in [6.45, 7) is 1.82. The maximum Gasteiger partial charge on any atom is 0.326 e. The Bertz CT molecular complexity index is 1310. The molecule has 1 saturated heterocycles. The molecule has 1 N–H and O–H groups in total. The number of pyridine rings is 1. The van der Waals surface area contributed by atoms with Crippen LogP contribution in [0.15, 0.2) is 59.5 Å². The zero-order chi connectivity index (χ0) is 25.3. The summed E-state index contributed by atoms with van der Waals surface area (Å²) in [5, 5.41) is 3.38. The third kappa shape index (κ3) is 4.05. The number of fused-ring (bicyclic) bond motifs is 1. The number of hydrogen-bond acceptors (Lipinski definition) is 8. The predicted octanol–water partition coefficient (Wildman–Crippen LogP) is 1.98. The second kappa shape index (κ2) is 9.50. The van der Waals surface area contributed by atoms with Crippen LogP contribution in [0.4, 0.5) is 5.82 Å². The number of benzene rings is 1. The van der Waals surface area contributed by atoms with Crippen molar-refractivity contribution in [2.24, 2.45) is 11.8 Å². The van der Waals surface area contributed by atoms with Gasteiger partial charge in [0.2, 0.25) is 0 Å². The Hall–Kier alpha value is -3.72. The summed E-state index contributed by atoms with van der Waals surface area (Å²) in [7, 11) is 6.20. The minimum absolute atomic E-state index is 0.269. The molecule has 3 aromatic rings. The molecule has 4 atom stereocenters. The molecule has 0 unspecified atom stereocenters. The van der Waals surface area contributed by atoms with Crippen LogP contribution in [0.5, 0.6) is 0 Å². The Morgan fingerprint density at radius 1 is 1.09 bits per heavy atom. The predicted molar refractivity (Wildman–Crippen MR) is 131 cm³/mol. The molecule has 2 aromatic heterocycles. The van der Waals surface area contributed by atoms with Gasteiger partial charge in [0.25, 0.3) is 5.56 Å². The highest BCUT2D eigenvalue weighted by Crippen LogP contribution is 2.46. The van der Waals surface area contributed by atoms with E-state index in [-0.39, 0.29) is 12.0 Å². The third-order valence-corrected chi connectivity index (χ3v) is 6.92. The van der Waals surface area contributed by atoms with Gasteiger partial charge in [-0.05, 0) is 17.7 Å². The van der Waals surface area contributed by atoms with Crippen molar-refractivity contribution in [3.05, 3.63) is 76.2 Å². The maximum atomic E-state index is 13.8. The Morgan fingerprint density at radius 2 is 1.77 bits per heavy atom. The molecule has 35 heavy (non-hydrogen) atoms. The van der Waals surface area contributed by atoms with Gasteiger partial charge in [-0.25, -0.2) is 4.98 Å². The summed E-state index contributed by atoms with van der Waals surface area (Å²) >= 11 is 0. The number of rotatable bonds is 6. The van der Waals surface area contributed by atoms with Gasteiger partial charge in [0.1, 0.15) is 17.0 Å². The molecule has 0 radical (unpaired) electrons. The van der Waals surface area contributed by atoms with E-state index in [0.29, 0.717) is 17.0 Å². The first-order valence-corrected chi connectivity index (χ1v) is 11.4. The number of nitrogens with zero attached hydrogens (tertiary/aromatic N) is 3. The van der Waals surface area contributed by atoms with Gasteiger partial charge in [0.15, 0.2) is 0 Å². The lowest BCUT2D eigenvalue weighted by molar-refractivity contribution is -0.151. The van der Waals surface area contributed by atoms with Crippen LogP contribution < -0.4 is 15.8 Å². The Morgan fingerprint density at radius 3 is 2.40 bits per heavy atom. The standard InChI is InChI=1S/C26H30N4O5/c1-16-19(24(32)34-4)21(28-26(16,25(33)35-5)15-17-11-7-6-8-12-17)20-22(29(2)3)27-18-13-9-10-14-30(18)23(20)31/h6-14,16,19,21,28H,15H2,1-5H3/t16-,19-,21-,26+/m0/s1. The van der Waals surface area contributed by atoms with Crippen LogP contribution in [0.1, 0.15) is 24.1 Å². The van der Waals surface area contributed by atoms with Gasteiger partial charge in [0.05, 0.1) is 31.7 Å². The van der Waals surface area contributed by atoms with Crippen molar-refractivity contribution in [3.8, 4) is 0 Å². The highest BCUT2D eigenvalue weighted by Gasteiger charge is 2.60. The number of methoxy groups -OCH3 is 2. The molecule has 1 aliphatic rings. The Balaban J connectivity index is 1.96. The molecule has 0 saturated carbocycles. The molecule has 3 heterocycles. The van der Waals surface area contributed by atoms with Crippen LogP contribution in [-0.4, -0.2) is 55.2 Å². The van der Waals surface area contributed by atoms with Crippen molar-refractivity contribution in [1.82, 2.24) is 14.7 Å². The highest BCUT2D eigenvalue weighted by molar-refractivity contribution is 5.86. The van der Waals surface area contributed by atoms with Crippen LogP contribution in [0.3, 0.4) is 0 Å². The van der Waals surface area contributed by atoms with Gasteiger partial charge in [-0.1, -0.05) is 43.3 Å². The number of nitrogens with one attached hydrogen (secondary N) is 1. The third-order valence-electron chi connectivity index (χ3n) is 6.92. The first-order chi connectivity index (χ1) is 16.7.